The standard InChI is InChI=1S/C8H16N2O/c1-5(2)7(9)10-8(11)6(3)4/h5-6H,1-4H3,(H2,9,10,11)/p+1. The highest BCUT2D eigenvalue weighted by Gasteiger charge is 2.12. The summed E-state index contributed by atoms with van der Waals surface area (Å²) in [6, 6.07) is 0. The molecule has 0 saturated carbocycles. The molecule has 0 aliphatic heterocycles. The molecule has 3 nitrogen and oxygen atoms in total. The van der Waals surface area contributed by atoms with Crippen LogP contribution < -0.4 is 10.7 Å². The molecule has 0 unspecified atom stereocenters. The Balaban J connectivity index is 4.20. The van der Waals surface area contributed by atoms with Gasteiger partial charge in [0, 0.05) is 0 Å². The zero-order chi connectivity index (χ0) is 9.02. The zero-order valence-electron chi connectivity index (χ0n) is 7.64. The Bertz CT molecular complexity index is 171. The highest BCUT2D eigenvalue weighted by molar-refractivity contribution is 5.82. The number of carbonyl (C=O) groups excluding carboxylic acids is 1. The molecular formula is C8H17N2O+. The van der Waals surface area contributed by atoms with Crippen LogP contribution in [0.1, 0.15) is 27.7 Å². The van der Waals surface area contributed by atoms with Gasteiger partial charge in [-0.1, -0.05) is 27.7 Å². The lowest BCUT2D eigenvalue weighted by atomic mass is 10.2. The van der Waals surface area contributed by atoms with Crippen molar-refractivity contribution < 1.29 is 9.79 Å². The molecule has 3 N–H and O–H groups in total. The fraction of sp³-hybridized carbons (Fsp3) is 0.750. The van der Waals surface area contributed by atoms with E-state index in [-0.39, 0.29) is 17.7 Å². The van der Waals surface area contributed by atoms with Crippen LogP contribution in [0.4, 0.5) is 0 Å². The van der Waals surface area contributed by atoms with Crippen molar-refractivity contribution in [2.24, 2.45) is 17.6 Å². The fourth-order valence-electron chi connectivity index (χ4n) is 0.431. The van der Waals surface area contributed by atoms with E-state index in [2.05, 4.69) is 4.99 Å². The average molecular weight is 157 g/mol. The van der Waals surface area contributed by atoms with Crippen molar-refractivity contribution in [2.75, 3.05) is 0 Å². The molecule has 64 valence electrons. The lowest BCUT2D eigenvalue weighted by Gasteiger charge is -1.98. The Kier molecular flexibility index (Phi) is 3.79. The molecule has 0 aliphatic carbocycles. The summed E-state index contributed by atoms with van der Waals surface area (Å²) in [6.45, 7) is 7.55. The molecule has 0 spiro atoms. The highest BCUT2D eigenvalue weighted by Crippen LogP contribution is 1.86. The van der Waals surface area contributed by atoms with Crippen LogP contribution >= 0.6 is 0 Å². The van der Waals surface area contributed by atoms with Gasteiger partial charge in [0.1, 0.15) is 0 Å². The minimum Gasteiger partial charge on any atom is -0.291 e. The van der Waals surface area contributed by atoms with Gasteiger partial charge in [-0.25, -0.2) is 9.79 Å². The number of nitrogens with two attached hydrogens (primary N) is 1. The summed E-state index contributed by atoms with van der Waals surface area (Å²) in [4.78, 5) is 13.7. The van der Waals surface area contributed by atoms with Crippen LogP contribution in [0.3, 0.4) is 0 Å². The van der Waals surface area contributed by atoms with Crippen LogP contribution in [0.5, 0.6) is 0 Å². The first-order valence-electron chi connectivity index (χ1n) is 3.88. The lowest BCUT2D eigenvalue weighted by Crippen LogP contribution is -2.81. The summed E-state index contributed by atoms with van der Waals surface area (Å²) in [6.07, 6.45) is 0. The van der Waals surface area contributed by atoms with E-state index in [4.69, 9.17) is 5.73 Å². The second-order valence-corrected chi connectivity index (χ2v) is 3.25. The Morgan fingerprint density at radius 1 is 1.18 bits per heavy atom. The maximum absolute atomic E-state index is 11.0. The molecule has 0 atom stereocenters. The average Bonchev–Trinajstić information content (AvgIpc) is 1.87. The quantitative estimate of drug-likeness (QED) is 0.410. The molecule has 0 aliphatic rings. The Morgan fingerprint density at radius 3 is 1.91 bits per heavy atom. The number of rotatable bonds is 2. The molecule has 11 heavy (non-hydrogen) atoms. The second-order valence-electron chi connectivity index (χ2n) is 3.25. The van der Waals surface area contributed by atoms with Crippen LogP contribution in [0.15, 0.2) is 0 Å². The predicted molar refractivity (Wildman–Crippen MR) is 44.8 cm³/mol. The molecule has 0 aromatic heterocycles. The molecule has 0 aromatic rings. The zero-order valence-corrected chi connectivity index (χ0v) is 7.64. The van der Waals surface area contributed by atoms with Crippen molar-refractivity contribution in [3.8, 4) is 0 Å². The van der Waals surface area contributed by atoms with E-state index < -0.39 is 0 Å². The van der Waals surface area contributed by atoms with Crippen LogP contribution in [-0.2, 0) is 4.79 Å². The van der Waals surface area contributed by atoms with E-state index in [9.17, 15) is 4.79 Å². The van der Waals surface area contributed by atoms with Gasteiger partial charge >= 0.3 is 5.91 Å². The van der Waals surface area contributed by atoms with E-state index in [1.165, 1.54) is 0 Å². The minimum absolute atomic E-state index is 0.00713. The Hall–Kier alpha value is -0.860. The molecule has 1 amide bonds. The highest BCUT2D eigenvalue weighted by atomic mass is 16.1. The number of amides is 1. The normalized spacial score (nSPS) is 12.7. The molecule has 0 aromatic carbocycles. The number of hydrogen-bond donors (Lipinski definition) is 2. The molecule has 0 fully saturated rings. The summed E-state index contributed by atoms with van der Waals surface area (Å²) in [5.74, 6) is 0.727. The molecule has 0 radical (unpaired) electrons. The van der Waals surface area contributed by atoms with E-state index in [0.29, 0.717) is 5.84 Å². The summed E-state index contributed by atoms with van der Waals surface area (Å²) in [5.41, 5.74) is 5.54. The third-order valence-electron chi connectivity index (χ3n) is 1.41. The topological polar surface area (TPSA) is 57.1 Å². The summed E-state index contributed by atoms with van der Waals surface area (Å²) >= 11 is 0. The number of carbonyl (C=O) groups is 1. The molecular weight excluding hydrogens is 140 g/mol. The molecule has 0 heterocycles. The SMILES string of the molecule is CC(C)C(=O)[NH+]=C(N)C(C)C. The van der Waals surface area contributed by atoms with Gasteiger partial charge in [-0.2, -0.15) is 0 Å². The van der Waals surface area contributed by atoms with Crippen LogP contribution in [0.2, 0.25) is 0 Å². The third-order valence-corrected chi connectivity index (χ3v) is 1.41. The molecule has 0 rings (SSSR count). The predicted octanol–water partition coefficient (Wildman–Crippen LogP) is -0.737. The summed E-state index contributed by atoms with van der Waals surface area (Å²) in [7, 11) is 0. The van der Waals surface area contributed by atoms with Gasteiger partial charge in [0.15, 0.2) is 0 Å². The molecule has 0 saturated heterocycles. The first kappa shape index (κ1) is 10.1. The van der Waals surface area contributed by atoms with Crippen LogP contribution in [0, 0.1) is 11.8 Å². The van der Waals surface area contributed by atoms with Crippen molar-refractivity contribution in [3.05, 3.63) is 0 Å². The van der Waals surface area contributed by atoms with E-state index in [0.717, 1.165) is 0 Å². The lowest BCUT2D eigenvalue weighted by molar-refractivity contribution is -0.385. The molecule has 3 heteroatoms. The second kappa shape index (κ2) is 4.11. The van der Waals surface area contributed by atoms with E-state index in [1.54, 1.807) is 0 Å². The van der Waals surface area contributed by atoms with Crippen molar-refractivity contribution >= 4 is 11.7 Å². The largest absolute Gasteiger partial charge is 0.309 e. The maximum Gasteiger partial charge on any atom is 0.309 e. The van der Waals surface area contributed by atoms with Gasteiger partial charge < -0.3 is 0 Å². The third kappa shape index (κ3) is 3.75. The van der Waals surface area contributed by atoms with Crippen molar-refractivity contribution in [2.45, 2.75) is 27.7 Å². The summed E-state index contributed by atoms with van der Waals surface area (Å²) in [5, 5.41) is 0. The summed E-state index contributed by atoms with van der Waals surface area (Å²) < 4.78 is 0. The van der Waals surface area contributed by atoms with Gasteiger partial charge in [0.25, 0.3) is 0 Å². The number of amidine groups is 1. The number of nitrogens with one attached hydrogen (secondary N) is 1. The Morgan fingerprint density at radius 2 is 1.64 bits per heavy atom. The van der Waals surface area contributed by atoms with Crippen LogP contribution in [-0.4, -0.2) is 11.7 Å². The van der Waals surface area contributed by atoms with Crippen molar-refractivity contribution in [3.63, 3.8) is 0 Å². The Labute approximate surface area is 67.7 Å². The van der Waals surface area contributed by atoms with Gasteiger partial charge in [0.05, 0.1) is 11.8 Å². The van der Waals surface area contributed by atoms with Crippen molar-refractivity contribution in [1.29, 1.82) is 0 Å². The first-order valence-corrected chi connectivity index (χ1v) is 3.88. The van der Waals surface area contributed by atoms with Crippen LogP contribution in [0.25, 0.3) is 0 Å². The first-order chi connectivity index (χ1) is 4.95. The van der Waals surface area contributed by atoms with E-state index in [1.807, 2.05) is 27.7 Å². The maximum atomic E-state index is 11.0. The van der Waals surface area contributed by atoms with Crippen molar-refractivity contribution in [1.82, 2.24) is 0 Å². The minimum atomic E-state index is -0.0174. The van der Waals surface area contributed by atoms with E-state index >= 15 is 0 Å². The smallest absolute Gasteiger partial charge is 0.291 e. The van der Waals surface area contributed by atoms with Gasteiger partial charge in [-0.05, 0) is 0 Å². The van der Waals surface area contributed by atoms with Gasteiger partial charge in [-0.15, -0.1) is 0 Å². The number of hydrogen-bond acceptors (Lipinski definition) is 1. The fourth-order valence-corrected chi connectivity index (χ4v) is 0.431. The molecule has 0 bridgehead atoms. The monoisotopic (exact) mass is 157 g/mol. The van der Waals surface area contributed by atoms with Gasteiger partial charge in [-0.3, -0.25) is 5.73 Å². The van der Waals surface area contributed by atoms with Gasteiger partial charge in [0.2, 0.25) is 5.84 Å².